The van der Waals surface area contributed by atoms with Crippen molar-refractivity contribution in [2.45, 2.75) is 19.4 Å². The topological polar surface area (TPSA) is 69.4 Å². The molecule has 0 bridgehead atoms. The van der Waals surface area contributed by atoms with Crippen LogP contribution in [-0.4, -0.2) is 32.1 Å². The molecule has 0 fully saturated rings. The fourth-order valence-electron chi connectivity index (χ4n) is 1.46. The van der Waals surface area contributed by atoms with E-state index in [4.69, 9.17) is 10.5 Å². The van der Waals surface area contributed by atoms with Crippen molar-refractivity contribution in [2.24, 2.45) is 5.73 Å². The van der Waals surface area contributed by atoms with Crippen LogP contribution in [0.2, 0.25) is 0 Å². The van der Waals surface area contributed by atoms with Gasteiger partial charge in [-0.2, -0.15) is 0 Å². The molecule has 0 radical (unpaired) electrons. The summed E-state index contributed by atoms with van der Waals surface area (Å²) in [4.78, 5) is 0. The molecule has 0 aliphatic carbocycles. The fraction of sp³-hybridized carbons (Fsp3) is 0.500. The van der Waals surface area contributed by atoms with Crippen molar-refractivity contribution < 1.29 is 13.2 Å². The van der Waals surface area contributed by atoms with Crippen molar-refractivity contribution in [1.82, 2.24) is 0 Å². The molecule has 1 aromatic rings. The van der Waals surface area contributed by atoms with E-state index in [2.05, 4.69) is 15.9 Å². The average molecular weight is 336 g/mol. The quantitative estimate of drug-likeness (QED) is 0.862. The van der Waals surface area contributed by atoms with Crippen molar-refractivity contribution in [3.8, 4) is 5.75 Å². The summed E-state index contributed by atoms with van der Waals surface area (Å²) in [5.41, 5.74) is 4.98. The second-order valence-electron chi connectivity index (χ2n) is 4.88. The normalized spacial score (nSPS) is 12.4. The third kappa shape index (κ3) is 6.37. The maximum absolute atomic E-state index is 11.7. The Balaban J connectivity index is 2.44. The Hall–Kier alpha value is -0.590. The Labute approximate surface area is 117 Å². The summed E-state index contributed by atoms with van der Waals surface area (Å²) in [7, 11) is -3.18. The molecule has 0 spiro atoms. The number of hydrogen-bond acceptors (Lipinski definition) is 4. The van der Waals surface area contributed by atoms with Gasteiger partial charge in [0.05, 0.1) is 11.5 Å². The maximum atomic E-state index is 11.7. The minimum Gasteiger partial charge on any atom is -0.493 e. The van der Waals surface area contributed by atoms with E-state index in [0.717, 1.165) is 4.47 Å². The molecule has 1 aromatic carbocycles. The van der Waals surface area contributed by atoms with Crippen LogP contribution < -0.4 is 10.5 Å². The predicted octanol–water partition coefficient (Wildman–Crippen LogP) is 1.98. The highest BCUT2D eigenvalue weighted by Gasteiger charge is 2.21. The molecule has 0 atom stereocenters. The molecule has 0 unspecified atom stereocenters. The summed E-state index contributed by atoms with van der Waals surface area (Å²) < 4.78 is 29.8. The Kier molecular flexibility index (Phi) is 5.19. The Bertz CT molecular complexity index is 477. The lowest BCUT2D eigenvalue weighted by Crippen LogP contribution is -2.41. The molecule has 0 aliphatic rings. The predicted molar refractivity (Wildman–Crippen MR) is 76.6 cm³/mol. The monoisotopic (exact) mass is 335 g/mol. The van der Waals surface area contributed by atoms with Gasteiger partial charge < -0.3 is 10.5 Å². The van der Waals surface area contributed by atoms with Gasteiger partial charge in [-0.15, -0.1) is 0 Å². The van der Waals surface area contributed by atoms with Gasteiger partial charge in [0, 0.05) is 10.0 Å². The van der Waals surface area contributed by atoms with Crippen molar-refractivity contribution in [2.75, 3.05) is 18.1 Å². The summed E-state index contributed by atoms with van der Waals surface area (Å²) in [5.74, 6) is 0.591. The van der Waals surface area contributed by atoms with E-state index < -0.39 is 15.4 Å². The third-order valence-corrected chi connectivity index (χ3v) is 4.57. The van der Waals surface area contributed by atoms with Gasteiger partial charge in [-0.1, -0.05) is 15.9 Å². The molecule has 0 heterocycles. The number of halogens is 1. The molecule has 18 heavy (non-hydrogen) atoms. The molecule has 0 saturated heterocycles. The van der Waals surface area contributed by atoms with Crippen molar-refractivity contribution in [1.29, 1.82) is 0 Å². The van der Waals surface area contributed by atoms with E-state index in [-0.39, 0.29) is 18.1 Å². The molecule has 1 rings (SSSR count). The van der Waals surface area contributed by atoms with Gasteiger partial charge in [0.1, 0.15) is 12.4 Å². The van der Waals surface area contributed by atoms with E-state index >= 15 is 0 Å². The third-order valence-electron chi connectivity index (χ3n) is 2.07. The van der Waals surface area contributed by atoms with E-state index in [9.17, 15) is 8.42 Å². The van der Waals surface area contributed by atoms with Crippen LogP contribution >= 0.6 is 15.9 Å². The summed E-state index contributed by atoms with van der Waals surface area (Å²) in [5, 5.41) is 0. The second kappa shape index (κ2) is 6.04. The Morgan fingerprint density at radius 3 is 2.33 bits per heavy atom. The van der Waals surface area contributed by atoms with Crippen LogP contribution in [0.4, 0.5) is 0 Å². The van der Waals surface area contributed by atoms with Gasteiger partial charge in [0.15, 0.2) is 9.84 Å². The lowest BCUT2D eigenvalue weighted by molar-refractivity contribution is 0.340. The van der Waals surface area contributed by atoms with Crippen molar-refractivity contribution >= 4 is 25.8 Å². The zero-order chi connectivity index (χ0) is 13.8. The highest BCUT2D eigenvalue weighted by Crippen LogP contribution is 2.16. The molecular formula is C12H18BrNO3S. The van der Waals surface area contributed by atoms with Gasteiger partial charge in [0.25, 0.3) is 0 Å². The van der Waals surface area contributed by atoms with E-state index in [1.165, 1.54) is 0 Å². The summed E-state index contributed by atoms with van der Waals surface area (Å²) in [6.45, 7) is 3.53. The number of nitrogens with two attached hydrogens (primary N) is 1. The van der Waals surface area contributed by atoms with E-state index in [1.54, 1.807) is 26.0 Å². The van der Waals surface area contributed by atoms with Crippen LogP contribution in [0.25, 0.3) is 0 Å². The fourth-order valence-corrected chi connectivity index (χ4v) is 3.34. The van der Waals surface area contributed by atoms with Crippen LogP contribution in [-0.2, 0) is 9.84 Å². The molecule has 6 heteroatoms. The lowest BCUT2D eigenvalue weighted by Gasteiger charge is -2.18. The summed E-state index contributed by atoms with van der Waals surface area (Å²) in [6.07, 6.45) is 0. The Morgan fingerprint density at radius 2 is 1.83 bits per heavy atom. The molecule has 0 aliphatic heterocycles. The first-order valence-electron chi connectivity index (χ1n) is 5.56. The molecule has 4 nitrogen and oxygen atoms in total. The van der Waals surface area contributed by atoms with Gasteiger partial charge in [-0.25, -0.2) is 8.42 Å². The highest BCUT2D eigenvalue weighted by molar-refractivity contribution is 9.10. The minimum absolute atomic E-state index is 0.0241. The molecular weight excluding hydrogens is 318 g/mol. The molecule has 102 valence electrons. The average Bonchev–Trinajstić information content (AvgIpc) is 2.17. The lowest BCUT2D eigenvalue weighted by atomic mass is 10.1. The number of rotatable bonds is 6. The summed E-state index contributed by atoms with van der Waals surface area (Å²) in [6, 6.07) is 7.24. The van der Waals surface area contributed by atoms with Crippen LogP contribution in [0.15, 0.2) is 28.7 Å². The van der Waals surface area contributed by atoms with Gasteiger partial charge in [0.2, 0.25) is 0 Å². The first-order valence-corrected chi connectivity index (χ1v) is 8.17. The number of sulfone groups is 1. The Morgan fingerprint density at radius 1 is 1.28 bits per heavy atom. The zero-order valence-corrected chi connectivity index (χ0v) is 12.9. The number of hydrogen-bond donors (Lipinski definition) is 1. The SMILES string of the molecule is CC(C)(N)CS(=O)(=O)CCOc1ccc(Br)cc1. The van der Waals surface area contributed by atoms with Crippen LogP contribution in [0, 0.1) is 0 Å². The highest BCUT2D eigenvalue weighted by atomic mass is 79.9. The van der Waals surface area contributed by atoms with Crippen LogP contribution in [0.3, 0.4) is 0 Å². The zero-order valence-electron chi connectivity index (χ0n) is 10.5. The maximum Gasteiger partial charge on any atom is 0.155 e. The van der Waals surface area contributed by atoms with Gasteiger partial charge in [-0.3, -0.25) is 0 Å². The first-order chi connectivity index (χ1) is 8.18. The molecule has 0 amide bonds. The van der Waals surface area contributed by atoms with E-state index in [0.29, 0.717) is 5.75 Å². The number of ether oxygens (including phenoxy) is 1. The van der Waals surface area contributed by atoms with E-state index in [1.807, 2.05) is 12.1 Å². The van der Waals surface area contributed by atoms with Crippen molar-refractivity contribution in [3.05, 3.63) is 28.7 Å². The smallest absolute Gasteiger partial charge is 0.155 e. The van der Waals surface area contributed by atoms with Crippen molar-refractivity contribution in [3.63, 3.8) is 0 Å². The van der Waals surface area contributed by atoms with Crippen LogP contribution in [0.1, 0.15) is 13.8 Å². The molecule has 0 aromatic heterocycles. The summed E-state index contributed by atoms with van der Waals surface area (Å²) >= 11 is 3.31. The van der Waals surface area contributed by atoms with Gasteiger partial charge >= 0.3 is 0 Å². The molecule has 2 N–H and O–H groups in total. The van der Waals surface area contributed by atoms with Crippen LogP contribution in [0.5, 0.6) is 5.75 Å². The first kappa shape index (κ1) is 15.5. The molecule has 0 saturated carbocycles. The van der Waals surface area contributed by atoms with Gasteiger partial charge in [-0.05, 0) is 38.1 Å². The minimum atomic E-state index is -3.18. The largest absolute Gasteiger partial charge is 0.493 e. The number of benzene rings is 1. The standard InChI is InChI=1S/C12H18BrNO3S/c1-12(2,14)9-18(15,16)8-7-17-11-5-3-10(13)4-6-11/h3-6H,7-9,14H2,1-2H3. The second-order valence-corrected chi connectivity index (χ2v) is 7.98.